The number of nitrogens with one attached hydrogen (secondary N) is 2. The van der Waals surface area contributed by atoms with E-state index in [1.165, 1.54) is 44.9 Å². The second-order valence-electron chi connectivity index (χ2n) is 21.6. The number of ether oxygens (including phenoxy) is 6. The molecular formula is C54H104N6O8S. The van der Waals surface area contributed by atoms with Crippen LogP contribution in [0.4, 0.5) is 4.79 Å². The first kappa shape index (κ1) is 60.3. The molecule has 0 spiro atoms. The van der Waals surface area contributed by atoms with E-state index in [0.717, 1.165) is 103 Å². The lowest BCUT2D eigenvalue weighted by Crippen LogP contribution is -2.63. The molecule has 0 saturated heterocycles. The van der Waals surface area contributed by atoms with Crippen LogP contribution in [0.25, 0.3) is 0 Å². The number of thiol groups is 1. The van der Waals surface area contributed by atoms with Crippen molar-refractivity contribution in [2.24, 2.45) is 63.5 Å². The highest BCUT2D eigenvalue weighted by Gasteiger charge is 2.66. The number of amides is 3. The van der Waals surface area contributed by atoms with Gasteiger partial charge >= 0.3 is 6.03 Å². The molecule has 0 aliphatic heterocycles. The average Bonchev–Trinajstić information content (AvgIpc) is 3.71. The van der Waals surface area contributed by atoms with E-state index in [0.29, 0.717) is 133 Å². The number of urea groups is 1. The van der Waals surface area contributed by atoms with Crippen molar-refractivity contribution in [3.05, 3.63) is 0 Å². The Morgan fingerprint density at radius 3 is 1.99 bits per heavy atom. The fraction of sp³-hybridized carbons (Fsp3) is 0.963. The lowest BCUT2D eigenvalue weighted by Gasteiger charge is -2.65. The van der Waals surface area contributed by atoms with Gasteiger partial charge in [0.2, 0.25) is 5.91 Å². The summed E-state index contributed by atoms with van der Waals surface area (Å²) < 4.78 is 37.5. The molecule has 4 unspecified atom stereocenters. The number of nitrogens with zero attached hydrogens (tertiary/aromatic N) is 1. The van der Waals surface area contributed by atoms with Crippen LogP contribution in [0.1, 0.15) is 156 Å². The van der Waals surface area contributed by atoms with E-state index in [4.69, 9.17) is 45.6 Å². The van der Waals surface area contributed by atoms with E-state index in [1.807, 2.05) is 0 Å². The van der Waals surface area contributed by atoms with Gasteiger partial charge in [0.15, 0.2) is 0 Å². The quantitative estimate of drug-likeness (QED) is 0.0261. The van der Waals surface area contributed by atoms with Gasteiger partial charge in [-0.2, -0.15) is 12.6 Å². The minimum Gasteiger partial charge on any atom is -0.378 e. The Bertz CT molecular complexity index is 1380. The number of rotatable bonds is 39. The van der Waals surface area contributed by atoms with Crippen LogP contribution >= 0.6 is 12.6 Å². The number of hydrogen-bond donors (Lipinski definition) is 6. The third-order valence-corrected chi connectivity index (χ3v) is 17.4. The van der Waals surface area contributed by atoms with Gasteiger partial charge in [-0.25, -0.2) is 4.79 Å². The van der Waals surface area contributed by atoms with Crippen molar-refractivity contribution in [2.45, 2.75) is 174 Å². The predicted molar refractivity (Wildman–Crippen MR) is 282 cm³/mol. The first-order valence-electron chi connectivity index (χ1n) is 28.2. The first-order valence-corrected chi connectivity index (χ1v) is 28.8. The zero-order valence-corrected chi connectivity index (χ0v) is 45.1. The zero-order chi connectivity index (χ0) is 49.7. The summed E-state index contributed by atoms with van der Waals surface area (Å²) in [7, 11) is 0. The summed E-state index contributed by atoms with van der Waals surface area (Å²) >= 11 is 4.14. The maximum Gasteiger partial charge on any atom is 0.317 e. The fourth-order valence-electron chi connectivity index (χ4n) is 13.3. The third kappa shape index (κ3) is 19.2. The Morgan fingerprint density at radius 2 is 1.30 bits per heavy atom. The molecular weight excluding hydrogens is 893 g/mol. The van der Waals surface area contributed by atoms with Crippen molar-refractivity contribution in [3.63, 3.8) is 0 Å². The summed E-state index contributed by atoms with van der Waals surface area (Å²) in [5.74, 6) is 3.93. The van der Waals surface area contributed by atoms with Gasteiger partial charge in [0.25, 0.3) is 0 Å². The van der Waals surface area contributed by atoms with Crippen molar-refractivity contribution in [3.8, 4) is 0 Å². The van der Waals surface area contributed by atoms with E-state index in [1.54, 1.807) is 0 Å². The molecule has 4 saturated carbocycles. The molecule has 14 nitrogen and oxygen atoms in total. The van der Waals surface area contributed by atoms with E-state index in [9.17, 15) is 9.59 Å². The molecule has 3 amide bonds. The molecule has 4 fully saturated rings. The molecule has 0 aromatic rings. The smallest absolute Gasteiger partial charge is 0.317 e. The predicted octanol–water partition coefficient (Wildman–Crippen LogP) is 7.73. The van der Waals surface area contributed by atoms with Gasteiger partial charge < -0.3 is 61.2 Å². The molecule has 15 heteroatoms. The van der Waals surface area contributed by atoms with Gasteiger partial charge in [-0.3, -0.25) is 4.79 Å². The summed E-state index contributed by atoms with van der Waals surface area (Å²) in [4.78, 5) is 27.4. The summed E-state index contributed by atoms with van der Waals surface area (Å²) in [6.45, 7) is 19.3. The van der Waals surface area contributed by atoms with Crippen LogP contribution in [0.2, 0.25) is 0 Å². The van der Waals surface area contributed by atoms with E-state index in [-0.39, 0.29) is 35.0 Å². The highest BCUT2D eigenvalue weighted by atomic mass is 32.1. The van der Waals surface area contributed by atoms with E-state index >= 15 is 0 Å². The van der Waals surface area contributed by atoms with Gasteiger partial charge in [0.1, 0.15) is 0 Å². The van der Waals surface area contributed by atoms with Crippen LogP contribution in [0.3, 0.4) is 0 Å². The number of fused-ring (bicyclic) bond motifs is 5. The SMILES string of the molecule is CCCCCCCCN(CCC[C@@H](C)[C@H]1CC[C@H]2C3[C@H](OCCCN)CC4C[C@H](OCCCN)CCC4(C)[C@H]3C[C@H](OCCCN)C12C)C(=O)NCCOCCOCCOCCNC(=O)CCCS. The van der Waals surface area contributed by atoms with Gasteiger partial charge in [0, 0.05) is 57.8 Å². The topological polar surface area (TPSA) is 195 Å². The van der Waals surface area contributed by atoms with Crippen molar-refractivity contribution in [1.82, 2.24) is 15.5 Å². The van der Waals surface area contributed by atoms with Crippen molar-refractivity contribution in [2.75, 3.05) is 111 Å². The Morgan fingerprint density at radius 1 is 0.681 bits per heavy atom. The van der Waals surface area contributed by atoms with E-state index < -0.39 is 0 Å². The second kappa shape index (κ2) is 34.3. The molecule has 4 rings (SSSR count). The molecule has 0 aromatic carbocycles. The molecule has 4 aliphatic rings. The van der Waals surface area contributed by atoms with Crippen molar-refractivity contribution < 1.29 is 38.0 Å². The van der Waals surface area contributed by atoms with E-state index in [2.05, 4.69) is 55.9 Å². The molecule has 0 heterocycles. The first-order chi connectivity index (χ1) is 33.6. The molecule has 4 aliphatic carbocycles. The Balaban J connectivity index is 1.32. The van der Waals surface area contributed by atoms with Crippen LogP contribution < -0.4 is 27.8 Å². The third-order valence-electron chi connectivity index (χ3n) is 17.0. The lowest BCUT2D eigenvalue weighted by molar-refractivity contribution is -0.227. The molecule has 0 bridgehead atoms. The van der Waals surface area contributed by atoms with Crippen LogP contribution in [0, 0.1) is 46.3 Å². The number of carbonyl (C=O) groups excluding carboxylic acids is 2. The standard InChI is InChI=1S/C54H104N6O8S/c1-5-6-7-8-9-10-27-60(52(62)59-26-33-64-35-37-65-36-34-63-32-25-58-50(61)17-12-38-69)28-11-16-42(2)45-18-19-46-51-47(41-49(54(45,46)4)68-31-15-24-57)53(3)21-20-44(66-29-13-22-55)39-43(53)40-48(51)67-30-14-23-56/h42-49,51,69H,5-41,55-57H2,1-4H3,(H,58,61)(H,59,62)/t42-,43?,44-,45-,46+,47+,48-,49+,51?,53?,54?/m1/s1. The zero-order valence-electron chi connectivity index (χ0n) is 44.3. The van der Waals surface area contributed by atoms with Gasteiger partial charge in [0.05, 0.1) is 58.0 Å². The molecule has 0 radical (unpaired) electrons. The van der Waals surface area contributed by atoms with Gasteiger partial charge in [-0.15, -0.1) is 0 Å². The van der Waals surface area contributed by atoms with Crippen LogP contribution in [-0.2, 0) is 33.2 Å². The maximum absolute atomic E-state index is 13.7. The summed E-state index contributed by atoms with van der Waals surface area (Å²) in [6.07, 6.45) is 22.0. The van der Waals surface area contributed by atoms with Crippen LogP contribution in [-0.4, -0.2) is 146 Å². The maximum atomic E-state index is 13.7. The van der Waals surface area contributed by atoms with Gasteiger partial charge in [-0.1, -0.05) is 59.8 Å². The number of nitrogens with two attached hydrogens (primary N) is 3. The number of unbranched alkanes of at least 4 members (excludes halogenated alkanes) is 5. The number of carbonyl (C=O) groups is 2. The van der Waals surface area contributed by atoms with Gasteiger partial charge in [-0.05, 0) is 156 Å². The molecule has 8 N–H and O–H groups in total. The highest BCUT2D eigenvalue weighted by molar-refractivity contribution is 7.80. The minimum absolute atomic E-state index is 0.00613. The monoisotopic (exact) mass is 997 g/mol. The minimum atomic E-state index is 0.00613. The second-order valence-corrected chi connectivity index (χ2v) is 22.0. The normalized spacial score (nSPS) is 29.0. The van der Waals surface area contributed by atoms with Crippen molar-refractivity contribution in [1.29, 1.82) is 0 Å². The van der Waals surface area contributed by atoms with Crippen LogP contribution in [0.5, 0.6) is 0 Å². The lowest BCUT2D eigenvalue weighted by atomic mass is 9.43. The Labute approximate surface area is 425 Å². The Hall–Kier alpha value is -1.27. The van der Waals surface area contributed by atoms with Crippen molar-refractivity contribution >= 4 is 24.6 Å². The molecule has 0 aromatic heterocycles. The molecule has 404 valence electrons. The Kier molecular flexibility index (Phi) is 29.9. The number of hydrogen-bond acceptors (Lipinski definition) is 12. The largest absolute Gasteiger partial charge is 0.378 e. The summed E-state index contributed by atoms with van der Waals surface area (Å²) in [5, 5.41) is 6.00. The highest BCUT2D eigenvalue weighted by Crippen LogP contribution is 2.69. The summed E-state index contributed by atoms with van der Waals surface area (Å²) in [5.41, 5.74) is 18.2. The molecule has 69 heavy (non-hydrogen) atoms. The van der Waals surface area contributed by atoms with Crippen LogP contribution in [0.15, 0.2) is 0 Å². The average molecular weight is 998 g/mol. The summed E-state index contributed by atoms with van der Waals surface area (Å²) in [6, 6.07) is 0.00613. The fourth-order valence-corrected chi connectivity index (χ4v) is 13.4. The molecule has 11 atom stereocenters.